The molecule has 42 heavy (non-hydrogen) atoms. The van der Waals surface area contributed by atoms with E-state index in [1.54, 1.807) is 24.2 Å². The van der Waals surface area contributed by atoms with Crippen LogP contribution < -0.4 is 10.6 Å². The summed E-state index contributed by atoms with van der Waals surface area (Å²) in [5, 5.41) is 5.75. The van der Waals surface area contributed by atoms with Crippen LogP contribution in [-0.4, -0.2) is 60.1 Å². The number of aromatic nitrogens is 5. The van der Waals surface area contributed by atoms with Crippen LogP contribution in [0.3, 0.4) is 0 Å². The van der Waals surface area contributed by atoms with Crippen molar-refractivity contribution in [2.75, 3.05) is 18.4 Å². The SMILES string of the molecule is C[C@@H](NC(=O)c1cc2c(cn1)ncn2C1CN(C(=O)OC(C)(C)C)C1)c1cnc(Nc2ccc(C(F)(F)F)cc2)cn1. The van der Waals surface area contributed by atoms with Gasteiger partial charge in [-0.05, 0) is 58.0 Å². The van der Waals surface area contributed by atoms with Crippen molar-refractivity contribution in [3.63, 3.8) is 0 Å². The Morgan fingerprint density at radius 3 is 2.33 bits per heavy atom. The number of hydrogen-bond acceptors (Lipinski definition) is 8. The summed E-state index contributed by atoms with van der Waals surface area (Å²) in [6, 6.07) is 5.70. The van der Waals surface area contributed by atoms with Gasteiger partial charge < -0.3 is 24.8 Å². The highest BCUT2D eigenvalue weighted by molar-refractivity contribution is 5.95. The fourth-order valence-corrected chi connectivity index (χ4v) is 4.31. The lowest BCUT2D eigenvalue weighted by atomic mass is 10.1. The molecule has 0 saturated carbocycles. The molecule has 0 spiro atoms. The van der Waals surface area contributed by atoms with Gasteiger partial charge in [0.25, 0.3) is 5.91 Å². The Morgan fingerprint density at radius 1 is 1.00 bits per heavy atom. The number of likely N-dealkylation sites (tertiary alicyclic amines) is 1. The van der Waals surface area contributed by atoms with Crippen molar-refractivity contribution >= 4 is 34.5 Å². The number of anilines is 2. The number of carbonyl (C=O) groups excluding carboxylic acids is 2. The molecular weight excluding hydrogens is 553 g/mol. The first-order valence-corrected chi connectivity index (χ1v) is 13.1. The van der Waals surface area contributed by atoms with Crippen molar-refractivity contribution in [2.45, 2.75) is 51.6 Å². The van der Waals surface area contributed by atoms with Crippen LogP contribution in [0.4, 0.5) is 29.5 Å². The van der Waals surface area contributed by atoms with Gasteiger partial charge >= 0.3 is 12.3 Å². The van der Waals surface area contributed by atoms with E-state index in [0.29, 0.717) is 35.8 Å². The van der Waals surface area contributed by atoms with Gasteiger partial charge in [-0.25, -0.2) is 19.7 Å². The van der Waals surface area contributed by atoms with Gasteiger partial charge in [0.15, 0.2) is 0 Å². The average Bonchev–Trinajstić information content (AvgIpc) is 3.30. The number of hydrogen-bond donors (Lipinski definition) is 2. The Morgan fingerprint density at radius 2 is 1.71 bits per heavy atom. The van der Waals surface area contributed by atoms with E-state index in [2.05, 4.69) is 30.6 Å². The molecule has 1 atom stereocenters. The third-order valence-corrected chi connectivity index (χ3v) is 6.55. The number of imidazole rings is 1. The predicted molar refractivity (Wildman–Crippen MR) is 147 cm³/mol. The van der Waals surface area contributed by atoms with Crippen LogP contribution in [0.2, 0.25) is 0 Å². The fourth-order valence-electron chi connectivity index (χ4n) is 4.31. The van der Waals surface area contributed by atoms with Crippen LogP contribution in [-0.2, 0) is 10.9 Å². The molecule has 0 unspecified atom stereocenters. The maximum absolute atomic E-state index is 13.0. The Balaban J connectivity index is 1.20. The van der Waals surface area contributed by atoms with Gasteiger partial charge in [-0.2, -0.15) is 13.2 Å². The first kappa shape index (κ1) is 28.8. The maximum Gasteiger partial charge on any atom is 0.416 e. The first-order chi connectivity index (χ1) is 19.8. The molecule has 4 aromatic rings. The standard InChI is InChI=1S/C28H29F3N8O3/c1-16(21-10-34-24(12-33-21)37-18-7-5-17(6-8-18)28(29,30)31)36-25(40)20-9-23-22(11-32-20)35-15-39(23)19-13-38(14-19)26(41)42-27(2,3)4/h5-12,15-16,19H,13-14H2,1-4H3,(H,34,37)(H,36,40)/t16-/m1/s1. The molecule has 1 aliphatic heterocycles. The number of carbonyl (C=O) groups is 2. The molecule has 0 aliphatic carbocycles. The second-order valence-electron chi connectivity index (χ2n) is 11.0. The van der Waals surface area contributed by atoms with E-state index in [-0.39, 0.29) is 17.8 Å². The molecular formula is C28H29F3N8O3. The minimum Gasteiger partial charge on any atom is -0.444 e. The predicted octanol–water partition coefficient (Wildman–Crippen LogP) is 5.27. The Labute approximate surface area is 239 Å². The van der Waals surface area contributed by atoms with Gasteiger partial charge in [0, 0.05) is 18.8 Å². The number of halogens is 3. The molecule has 1 aliphatic rings. The van der Waals surface area contributed by atoms with Crippen LogP contribution in [0.1, 0.15) is 61.5 Å². The molecule has 2 N–H and O–H groups in total. The second kappa shape index (κ2) is 10.9. The number of amides is 2. The van der Waals surface area contributed by atoms with Crippen molar-refractivity contribution in [3.05, 3.63) is 72.2 Å². The summed E-state index contributed by atoms with van der Waals surface area (Å²) in [4.78, 5) is 44.1. The lowest BCUT2D eigenvalue weighted by molar-refractivity contribution is -0.137. The third kappa shape index (κ3) is 6.42. The van der Waals surface area contributed by atoms with Gasteiger partial charge in [0.2, 0.25) is 0 Å². The van der Waals surface area contributed by atoms with E-state index in [4.69, 9.17) is 4.74 Å². The maximum atomic E-state index is 13.0. The molecule has 4 heterocycles. The molecule has 5 rings (SSSR count). The summed E-state index contributed by atoms with van der Waals surface area (Å²) in [6.45, 7) is 8.12. The van der Waals surface area contributed by atoms with Crippen LogP contribution >= 0.6 is 0 Å². The average molecular weight is 583 g/mol. The van der Waals surface area contributed by atoms with E-state index in [1.807, 2.05) is 25.3 Å². The lowest BCUT2D eigenvalue weighted by Crippen LogP contribution is -2.52. The summed E-state index contributed by atoms with van der Waals surface area (Å²) >= 11 is 0. The molecule has 2 amide bonds. The van der Waals surface area contributed by atoms with Crippen molar-refractivity contribution < 1.29 is 27.5 Å². The third-order valence-electron chi connectivity index (χ3n) is 6.55. The van der Waals surface area contributed by atoms with E-state index in [0.717, 1.165) is 17.6 Å². The summed E-state index contributed by atoms with van der Waals surface area (Å²) in [5.41, 5.74) is 1.11. The van der Waals surface area contributed by atoms with Crippen LogP contribution in [0, 0.1) is 0 Å². The smallest absolute Gasteiger partial charge is 0.416 e. The van der Waals surface area contributed by atoms with Crippen LogP contribution in [0.15, 0.2) is 55.2 Å². The zero-order valence-corrected chi connectivity index (χ0v) is 23.3. The molecule has 1 aromatic carbocycles. The van der Waals surface area contributed by atoms with Crippen LogP contribution in [0.5, 0.6) is 0 Å². The lowest BCUT2D eigenvalue weighted by Gasteiger charge is -2.40. The van der Waals surface area contributed by atoms with Gasteiger partial charge in [0.1, 0.15) is 22.6 Å². The zero-order valence-electron chi connectivity index (χ0n) is 23.3. The molecule has 1 fully saturated rings. The minimum absolute atomic E-state index is 0.00951. The number of alkyl halides is 3. The number of pyridine rings is 1. The van der Waals surface area contributed by atoms with Gasteiger partial charge in [-0.3, -0.25) is 9.78 Å². The van der Waals surface area contributed by atoms with Crippen molar-refractivity contribution in [2.24, 2.45) is 0 Å². The topological polar surface area (TPSA) is 127 Å². The Kier molecular flexibility index (Phi) is 7.47. The second-order valence-corrected chi connectivity index (χ2v) is 11.0. The first-order valence-electron chi connectivity index (χ1n) is 13.1. The highest BCUT2D eigenvalue weighted by Crippen LogP contribution is 2.30. The summed E-state index contributed by atoms with van der Waals surface area (Å²) in [7, 11) is 0. The highest BCUT2D eigenvalue weighted by Gasteiger charge is 2.35. The number of ether oxygens (including phenoxy) is 1. The quantitative estimate of drug-likeness (QED) is 0.315. The number of fused-ring (bicyclic) bond motifs is 1. The van der Waals surface area contributed by atoms with Gasteiger partial charge in [-0.1, -0.05) is 0 Å². The van der Waals surface area contributed by atoms with Crippen LogP contribution in [0.25, 0.3) is 11.0 Å². The van der Waals surface area contributed by atoms with E-state index in [9.17, 15) is 22.8 Å². The van der Waals surface area contributed by atoms with E-state index < -0.39 is 29.3 Å². The minimum atomic E-state index is -4.41. The number of rotatable bonds is 6. The van der Waals surface area contributed by atoms with Gasteiger partial charge in [0.05, 0.1) is 53.8 Å². The summed E-state index contributed by atoms with van der Waals surface area (Å²) < 4.78 is 45.6. The molecule has 1 saturated heterocycles. The van der Waals surface area contributed by atoms with E-state index >= 15 is 0 Å². The molecule has 0 bridgehead atoms. The van der Waals surface area contributed by atoms with Crippen molar-refractivity contribution in [1.82, 2.24) is 34.7 Å². The largest absolute Gasteiger partial charge is 0.444 e. The van der Waals surface area contributed by atoms with Crippen molar-refractivity contribution in [3.8, 4) is 0 Å². The fraction of sp³-hybridized carbons (Fsp3) is 0.357. The number of nitrogens with one attached hydrogen (secondary N) is 2. The van der Waals surface area contributed by atoms with Crippen molar-refractivity contribution in [1.29, 1.82) is 0 Å². The Bertz CT molecular complexity index is 1590. The molecule has 0 radical (unpaired) electrons. The molecule has 3 aromatic heterocycles. The zero-order chi connectivity index (χ0) is 30.2. The normalized spacial score (nSPS) is 14.8. The number of nitrogens with zero attached hydrogens (tertiary/aromatic N) is 6. The van der Waals surface area contributed by atoms with Gasteiger partial charge in [-0.15, -0.1) is 0 Å². The van der Waals surface area contributed by atoms with E-state index in [1.165, 1.54) is 30.7 Å². The Hall–Kier alpha value is -4.75. The monoisotopic (exact) mass is 582 g/mol. The highest BCUT2D eigenvalue weighted by atomic mass is 19.4. The molecule has 220 valence electrons. The molecule has 14 heteroatoms. The number of benzene rings is 1. The molecule has 11 nitrogen and oxygen atoms in total. The summed E-state index contributed by atoms with van der Waals surface area (Å²) in [6.07, 6.45) is 1.31. The summed E-state index contributed by atoms with van der Waals surface area (Å²) in [5.74, 6) is -0.0893.